The van der Waals surface area contributed by atoms with Crippen LogP contribution in [0.15, 0.2) is 41.4 Å². The SMILES string of the molecule is CO[C@H](C)CC(=O)N1CCC[C@H]1C(C)=Nc1cc(C(C)CC[C@H](C)c2ccc(C)c(C)c2)ccc1C. The maximum Gasteiger partial charge on any atom is 0.225 e. The van der Waals surface area contributed by atoms with Crippen LogP contribution in [-0.4, -0.2) is 42.3 Å². The van der Waals surface area contributed by atoms with Gasteiger partial charge in [-0.1, -0.05) is 44.2 Å². The number of amides is 1. The Bertz CT molecular complexity index is 1070. The molecule has 0 aliphatic carbocycles. The van der Waals surface area contributed by atoms with Gasteiger partial charge in [0, 0.05) is 19.4 Å². The number of carbonyl (C=O) groups excluding carboxylic acids is 1. The molecule has 4 atom stereocenters. The van der Waals surface area contributed by atoms with Gasteiger partial charge in [-0.15, -0.1) is 0 Å². The first-order chi connectivity index (χ1) is 17.1. The van der Waals surface area contributed by atoms with Gasteiger partial charge in [-0.25, -0.2) is 0 Å². The van der Waals surface area contributed by atoms with Crippen molar-refractivity contribution in [2.24, 2.45) is 4.99 Å². The molecule has 1 unspecified atom stereocenters. The minimum Gasteiger partial charge on any atom is -0.381 e. The van der Waals surface area contributed by atoms with Crippen molar-refractivity contribution in [1.29, 1.82) is 0 Å². The van der Waals surface area contributed by atoms with Crippen LogP contribution in [0.4, 0.5) is 5.69 Å². The Balaban J connectivity index is 1.69. The second-order valence-corrected chi connectivity index (χ2v) is 11.0. The molecule has 0 saturated carbocycles. The molecule has 0 N–H and O–H groups in total. The fourth-order valence-electron chi connectivity index (χ4n) is 5.17. The van der Waals surface area contributed by atoms with Crippen molar-refractivity contribution in [3.63, 3.8) is 0 Å². The summed E-state index contributed by atoms with van der Waals surface area (Å²) in [6.07, 6.45) is 4.67. The van der Waals surface area contributed by atoms with Gasteiger partial charge in [-0.05, 0) is 106 Å². The van der Waals surface area contributed by atoms with E-state index in [1.54, 1.807) is 7.11 Å². The van der Waals surface area contributed by atoms with Crippen molar-refractivity contribution < 1.29 is 9.53 Å². The van der Waals surface area contributed by atoms with Crippen LogP contribution >= 0.6 is 0 Å². The number of aliphatic imine (C=N–C) groups is 1. The smallest absolute Gasteiger partial charge is 0.225 e. The fraction of sp³-hybridized carbons (Fsp3) is 0.562. The monoisotopic (exact) mass is 490 g/mol. The number of methoxy groups -OCH3 is 1. The molecule has 1 saturated heterocycles. The zero-order valence-corrected chi connectivity index (χ0v) is 23.7. The highest BCUT2D eigenvalue weighted by molar-refractivity contribution is 5.93. The van der Waals surface area contributed by atoms with Gasteiger partial charge in [0.15, 0.2) is 0 Å². The van der Waals surface area contributed by atoms with Crippen LogP contribution < -0.4 is 0 Å². The standard InChI is InChI=1S/C32H46N2O2/c1-21-13-15-28(18-25(21)5)22(2)11-12-23(3)29-16-14-24(4)30(20-29)33-27(7)31-10-9-17-34(31)32(35)19-26(6)36-8/h13-16,18,20,22-23,26,31H,9-12,17,19H2,1-8H3/t22-,23?,26+,31-/m0/s1. The Morgan fingerprint density at radius 2 is 1.58 bits per heavy atom. The quantitative estimate of drug-likeness (QED) is 0.319. The van der Waals surface area contributed by atoms with E-state index in [4.69, 9.17) is 9.73 Å². The molecule has 3 rings (SSSR count). The molecule has 1 amide bonds. The third kappa shape index (κ3) is 7.06. The number of ether oxygens (including phenoxy) is 1. The molecule has 1 aliphatic rings. The minimum absolute atomic E-state index is 0.0610. The molecular formula is C32H46N2O2. The molecule has 2 aromatic rings. The lowest BCUT2D eigenvalue weighted by molar-refractivity contribution is -0.133. The van der Waals surface area contributed by atoms with Crippen LogP contribution in [0.25, 0.3) is 0 Å². The van der Waals surface area contributed by atoms with Crippen molar-refractivity contribution in [3.05, 3.63) is 64.2 Å². The highest BCUT2D eigenvalue weighted by Crippen LogP contribution is 2.32. The summed E-state index contributed by atoms with van der Waals surface area (Å²) in [6.45, 7) is 16.0. The number of benzene rings is 2. The molecule has 4 heteroatoms. The van der Waals surface area contributed by atoms with E-state index in [1.165, 1.54) is 27.8 Å². The summed E-state index contributed by atoms with van der Waals surface area (Å²) in [7, 11) is 1.66. The second-order valence-electron chi connectivity index (χ2n) is 11.0. The molecule has 196 valence electrons. The van der Waals surface area contributed by atoms with Gasteiger partial charge in [-0.3, -0.25) is 9.79 Å². The number of rotatable bonds is 10. The molecule has 1 fully saturated rings. The van der Waals surface area contributed by atoms with Crippen LogP contribution in [0.1, 0.15) is 99.5 Å². The van der Waals surface area contributed by atoms with Gasteiger partial charge in [0.05, 0.1) is 24.3 Å². The zero-order chi connectivity index (χ0) is 26.4. The third-order valence-corrected chi connectivity index (χ3v) is 8.15. The normalized spacial score (nSPS) is 18.8. The molecule has 0 spiro atoms. The van der Waals surface area contributed by atoms with Crippen LogP contribution in [0.3, 0.4) is 0 Å². The molecule has 0 bridgehead atoms. The van der Waals surface area contributed by atoms with E-state index in [-0.39, 0.29) is 18.1 Å². The first-order valence-corrected chi connectivity index (χ1v) is 13.7. The summed E-state index contributed by atoms with van der Waals surface area (Å²) in [5.74, 6) is 1.18. The maximum atomic E-state index is 12.8. The van der Waals surface area contributed by atoms with Crippen molar-refractivity contribution in [2.45, 2.75) is 105 Å². The fourth-order valence-corrected chi connectivity index (χ4v) is 5.17. The minimum atomic E-state index is -0.0610. The number of hydrogen-bond acceptors (Lipinski definition) is 3. The summed E-state index contributed by atoms with van der Waals surface area (Å²) in [5, 5.41) is 0. The maximum absolute atomic E-state index is 12.8. The summed E-state index contributed by atoms with van der Waals surface area (Å²) in [5.41, 5.74) is 8.75. The first-order valence-electron chi connectivity index (χ1n) is 13.7. The van der Waals surface area contributed by atoms with E-state index in [2.05, 4.69) is 77.9 Å². The molecular weight excluding hydrogens is 444 g/mol. The van der Waals surface area contributed by atoms with Gasteiger partial charge in [-0.2, -0.15) is 0 Å². The molecule has 0 radical (unpaired) electrons. The molecule has 4 nitrogen and oxygen atoms in total. The highest BCUT2D eigenvalue weighted by Gasteiger charge is 2.31. The molecule has 36 heavy (non-hydrogen) atoms. The lowest BCUT2D eigenvalue weighted by Gasteiger charge is -2.26. The van der Waals surface area contributed by atoms with Crippen LogP contribution in [0.5, 0.6) is 0 Å². The predicted octanol–water partition coefficient (Wildman–Crippen LogP) is 7.81. The predicted molar refractivity (Wildman–Crippen MR) is 152 cm³/mol. The second kappa shape index (κ2) is 12.7. The van der Waals surface area contributed by atoms with Gasteiger partial charge in [0.2, 0.25) is 5.91 Å². The average molecular weight is 491 g/mol. The Morgan fingerprint density at radius 1 is 0.972 bits per heavy atom. The molecule has 1 aliphatic heterocycles. The van der Waals surface area contributed by atoms with Crippen molar-refractivity contribution >= 4 is 17.3 Å². The topological polar surface area (TPSA) is 41.9 Å². The summed E-state index contributed by atoms with van der Waals surface area (Å²) in [4.78, 5) is 19.9. The Labute approximate surface area is 219 Å². The number of aryl methyl sites for hydroxylation is 3. The highest BCUT2D eigenvalue weighted by atomic mass is 16.5. The van der Waals surface area contributed by atoms with Gasteiger partial charge in [0.1, 0.15) is 0 Å². The van der Waals surface area contributed by atoms with E-state index in [0.717, 1.165) is 43.6 Å². The molecule has 2 aromatic carbocycles. The lowest BCUT2D eigenvalue weighted by atomic mass is 9.88. The van der Waals surface area contributed by atoms with E-state index < -0.39 is 0 Å². The van der Waals surface area contributed by atoms with Crippen LogP contribution in [-0.2, 0) is 9.53 Å². The number of carbonyl (C=O) groups is 1. The Morgan fingerprint density at radius 3 is 2.19 bits per heavy atom. The van der Waals surface area contributed by atoms with Crippen molar-refractivity contribution in [1.82, 2.24) is 4.90 Å². The lowest BCUT2D eigenvalue weighted by Crippen LogP contribution is -2.40. The van der Waals surface area contributed by atoms with Crippen molar-refractivity contribution in [2.75, 3.05) is 13.7 Å². The van der Waals surface area contributed by atoms with Gasteiger partial charge < -0.3 is 9.64 Å². The Hall–Kier alpha value is -2.46. The van der Waals surface area contributed by atoms with E-state index >= 15 is 0 Å². The molecule has 0 aromatic heterocycles. The number of nitrogens with zero attached hydrogens (tertiary/aromatic N) is 2. The van der Waals surface area contributed by atoms with E-state index in [0.29, 0.717) is 18.3 Å². The molecule has 1 heterocycles. The van der Waals surface area contributed by atoms with Crippen LogP contribution in [0.2, 0.25) is 0 Å². The summed E-state index contributed by atoms with van der Waals surface area (Å²) < 4.78 is 5.31. The number of likely N-dealkylation sites (tertiary alicyclic amines) is 1. The first kappa shape index (κ1) is 28.1. The van der Waals surface area contributed by atoms with Gasteiger partial charge >= 0.3 is 0 Å². The zero-order valence-electron chi connectivity index (χ0n) is 23.7. The summed E-state index contributed by atoms with van der Waals surface area (Å²) in [6, 6.07) is 13.7. The van der Waals surface area contributed by atoms with Crippen LogP contribution in [0, 0.1) is 20.8 Å². The number of hydrogen-bond donors (Lipinski definition) is 0. The van der Waals surface area contributed by atoms with E-state index in [9.17, 15) is 4.79 Å². The van der Waals surface area contributed by atoms with Gasteiger partial charge in [0.25, 0.3) is 0 Å². The Kier molecular flexibility index (Phi) is 9.90. The largest absolute Gasteiger partial charge is 0.381 e. The third-order valence-electron chi connectivity index (χ3n) is 8.15. The van der Waals surface area contributed by atoms with E-state index in [1.807, 2.05) is 11.8 Å². The van der Waals surface area contributed by atoms with Crippen molar-refractivity contribution in [3.8, 4) is 0 Å². The average Bonchev–Trinajstić information content (AvgIpc) is 3.35. The summed E-state index contributed by atoms with van der Waals surface area (Å²) >= 11 is 0.